The minimum absolute atomic E-state index is 0.345. The van der Waals surface area contributed by atoms with Crippen LogP contribution in [0.3, 0.4) is 0 Å². The molecule has 1 atom stereocenters. The largest absolute Gasteiger partial charge is 0.351 e. The van der Waals surface area contributed by atoms with Crippen LogP contribution in [0, 0.1) is 11.8 Å². The topological polar surface area (TPSA) is 108 Å². The van der Waals surface area contributed by atoms with E-state index >= 15 is 0 Å². The highest BCUT2D eigenvalue weighted by Gasteiger charge is 2.27. The fraction of sp³-hybridized carbons (Fsp3) is 0.552. The summed E-state index contributed by atoms with van der Waals surface area (Å²) in [5.74, 6) is 4.18. The molecular weight excluding hydrogens is 462 g/mol. The van der Waals surface area contributed by atoms with Gasteiger partial charge in [0.25, 0.3) is 0 Å². The van der Waals surface area contributed by atoms with Gasteiger partial charge >= 0.3 is 0 Å². The van der Waals surface area contributed by atoms with Crippen LogP contribution in [-0.4, -0.2) is 37.0 Å². The second kappa shape index (κ2) is 11.0. The van der Waals surface area contributed by atoms with Crippen molar-refractivity contribution in [3.05, 3.63) is 53.6 Å². The molecule has 3 aromatic heterocycles. The van der Waals surface area contributed by atoms with Crippen LogP contribution in [0.15, 0.2) is 36.8 Å². The summed E-state index contributed by atoms with van der Waals surface area (Å²) < 4.78 is 0. The van der Waals surface area contributed by atoms with Crippen LogP contribution in [0.4, 0.5) is 17.6 Å². The summed E-state index contributed by atoms with van der Waals surface area (Å²) in [6.07, 6.45) is 18.4. The van der Waals surface area contributed by atoms with Crippen LogP contribution in [0.2, 0.25) is 0 Å². The second-order valence-corrected chi connectivity index (χ2v) is 11.3. The van der Waals surface area contributed by atoms with Crippen molar-refractivity contribution in [1.82, 2.24) is 25.1 Å². The monoisotopic (exact) mass is 499 g/mol. The lowest BCUT2D eigenvalue weighted by Gasteiger charge is -2.29. The minimum Gasteiger partial charge on any atom is -0.351 e. The van der Waals surface area contributed by atoms with E-state index in [-0.39, 0.29) is 0 Å². The van der Waals surface area contributed by atoms with Gasteiger partial charge in [-0.15, -0.1) is 0 Å². The Kier molecular flexibility index (Phi) is 7.15. The summed E-state index contributed by atoms with van der Waals surface area (Å²) in [4.78, 5) is 26.1. The van der Waals surface area contributed by atoms with Crippen LogP contribution in [0.25, 0.3) is 0 Å². The third kappa shape index (κ3) is 6.00. The van der Waals surface area contributed by atoms with E-state index < -0.39 is 0 Å². The first-order valence-corrected chi connectivity index (χ1v) is 14.0. The minimum atomic E-state index is 0.345. The van der Waals surface area contributed by atoms with Crippen LogP contribution >= 0.6 is 0 Å². The molecule has 0 radical (unpaired) electrons. The van der Waals surface area contributed by atoms with E-state index in [1.54, 1.807) is 6.20 Å². The van der Waals surface area contributed by atoms with Gasteiger partial charge in [0.1, 0.15) is 11.6 Å². The van der Waals surface area contributed by atoms with E-state index in [9.17, 15) is 4.79 Å². The Hall–Kier alpha value is -3.29. The number of aromatic nitrogens is 5. The Bertz CT molecular complexity index is 1190. The predicted molar refractivity (Wildman–Crippen MR) is 144 cm³/mol. The quantitative estimate of drug-likeness (QED) is 0.345. The third-order valence-electron chi connectivity index (χ3n) is 8.54. The number of pyridine rings is 1. The fourth-order valence-corrected chi connectivity index (χ4v) is 6.57. The summed E-state index contributed by atoms with van der Waals surface area (Å²) >= 11 is 0. The number of carbonyl (C=O) groups excluding carboxylic acids is 1. The number of carbonyl (C=O) groups is 1. The number of aromatic amines is 1. The number of hydrogen-bond acceptors (Lipinski definition) is 7. The third-order valence-corrected chi connectivity index (χ3v) is 8.54. The molecule has 6 rings (SSSR count). The number of H-pyrrole nitrogens is 1. The van der Waals surface area contributed by atoms with Crippen molar-refractivity contribution >= 4 is 23.4 Å². The zero-order valence-electron chi connectivity index (χ0n) is 21.5. The van der Waals surface area contributed by atoms with Crippen LogP contribution in [0.1, 0.15) is 86.9 Å². The molecule has 0 aromatic carbocycles. The Morgan fingerprint density at radius 3 is 2.57 bits per heavy atom. The maximum Gasteiger partial charge on any atom is 0.224 e. The summed E-state index contributed by atoms with van der Waals surface area (Å²) in [5.41, 5.74) is 3.92. The first-order valence-electron chi connectivity index (χ1n) is 14.0. The molecule has 8 heteroatoms. The van der Waals surface area contributed by atoms with E-state index in [1.807, 2.05) is 18.5 Å². The van der Waals surface area contributed by atoms with Gasteiger partial charge < -0.3 is 10.6 Å². The highest BCUT2D eigenvalue weighted by molar-refractivity contribution is 5.79. The summed E-state index contributed by atoms with van der Waals surface area (Å²) in [7, 11) is 0. The predicted octanol–water partition coefficient (Wildman–Crippen LogP) is 5.73. The van der Waals surface area contributed by atoms with Crippen LogP contribution < -0.4 is 10.6 Å². The number of ketones is 1. The highest BCUT2D eigenvalue weighted by Crippen LogP contribution is 2.34. The lowest BCUT2D eigenvalue weighted by molar-refractivity contribution is -0.121. The molecule has 3 N–H and O–H groups in total. The Morgan fingerprint density at radius 1 is 0.919 bits per heavy atom. The van der Waals surface area contributed by atoms with E-state index in [2.05, 4.69) is 47.9 Å². The molecule has 3 aromatic rings. The lowest BCUT2D eigenvalue weighted by Crippen LogP contribution is -2.28. The normalized spacial score (nSPS) is 23.6. The SMILES string of the molecule is O=C(CC1CCC(Nc2nccc(Nc3cc(C4CCCC4)[nH]n3)n2)CC1)CC1Cc2ccncc2C1. The summed E-state index contributed by atoms with van der Waals surface area (Å²) in [5, 5.41) is 14.5. The van der Waals surface area contributed by atoms with E-state index in [4.69, 9.17) is 0 Å². The molecule has 2 saturated carbocycles. The molecule has 0 aliphatic heterocycles. The molecule has 0 bridgehead atoms. The maximum absolute atomic E-state index is 12.8. The smallest absolute Gasteiger partial charge is 0.224 e. The van der Waals surface area contributed by atoms with E-state index in [1.165, 1.54) is 42.5 Å². The number of rotatable bonds is 9. The molecule has 0 amide bonds. The van der Waals surface area contributed by atoms with Gasteiger partial charge in [-0.1, -0.05) is 12.8 Å². The van der Waals surface area contributed by atoms with Gasteiger partial charge in [0.15, 0.2) is 5.82 Å². The average Bonchev–Trinajstić information content (AvgIpc) is 3.66. The van der Waals surface area contributed by atoms with E-state index in [0.29, 0.717) is 41.9 Å². The zero-order chi connectivity index (χ0) is 25.0. The first kappa shape index (κ1) is 24.1. The van der Waals surface area contributed by atoms with Gasteiger partial charge in [-0.05, 0) is 86.5 Å². The molecule has 3 aliphatic carbocycles. The Labute approximate surface area is 218 Å². The standard InChI is InChI=1S/C29H37N7O/c37-25(16-20-13-22-9-11-30-18-23(22)14-20)15-19-5-7-24(8-6-19)32-29-31-12-10-27(34-29)33-28-17-26(35-36-28)21-3-1-2-4-21/h9-12,17-21,24H,1-8,13-16H2,(H3,31,32,33,34,35,36). The van der Waals surface area contributed by atoms with Gasteiger partial charge in [-0.3, -0.25) is 14.9 Å². The molecule has 1 unspecified atom stereocenters. The molecule has 194 valence electrons. The summed E-state index contributed by atoms with van der Waals surface area (Å²) in [6.45, 7) is 0. The number of nitrogens with one attached hydrogen (secondary N) is 3. The van der Waals surface area contributed by atoms with Crippen molar-refractivity contribution in [3.8, 4) is 0 Å². The highest BCUT2D eigenvalue weighted by atomic mass is 16.1. The van der Waals surface area contributed by atoms with Gasteiger partial charge in [-0.25, -0.2) is 4.98 Å². The van der Waals surface area contributed by atoms with E-state index in [0.717, 1.165) is 56.6 Å². The van der Waals surface area contributed by atoms with Crippen molar-refractivity contribution in [1.29, 1.82) is 0 Å². The lowest BCUT2D eigenvalue weighted by atomic mass is 9.82. The van der Waals surface area contributed by atoms with Crippen molar-refractivity contribution in [3.63, 3.8) is 0 Å². The average molecular weight is 500 g/mol. The maximum atomic E-state index is 12.8. The van der Waals surface area contributed by atoms with Crippen molar-refractivity contribution in [2.24, 2.45) is 11.8 Å². The Balaban J connectivity index is 0.945. The van der Waals surface area contributed by atoms with Gasteiger partial charge in [0, 0.05) is 55.2 Å². The fourth-order valence-electron chi connectivity index (χ4n) is 6.57. The number of anilines is 3. The molecule has 3 heterocycles. The number of hydrogen-bond donors (Lipinski definition) is 3. The molecule has 37 heavy (non-hydrogen) atoms. The molecule has 3 aliphatic rings. The molecule has 0 spiro atoms. The van der Waals surface area contributed by atoms with Gasteiger partial charge in [0.2, 0.25) is 5.95 Å². The number of fused-ring (bicyclic) bond motifs is 1. The summed E-state index contributed by atoms with van der Waals surface area (Å²) in [6, 6.07) is 6.43. The van der Waals surface area contributed by atoms with Crippen molar-refractivity contribution in [2.75, 3.05) is 10.6 Å². The number of nitrogens with zero attached hydrogens (tertiary/aromatic N) is 4. The van der Waals surface area contributed by atoms with Gasteiger partial charge in [0.05, 0.1) is 0 Å². The number of Topliss-reactive ketones (excluding diaryl/α,β-unsaturated/α-hetero) is 1. The van der Waals surface area contributed by atoms with Crippen LogP contribution in [0.5, 0.6) is 0 Å². The second-order valence-electron chi connectivity index (χ2n) is 11.3. The molecule has 2 fully saturated rings. The van der Waals surface area contributed by atoms with Crippen molar-refractivity contribution < 1.29 is 4.79 Å². The van der Waals surface area contributed by atoms with Crippen molar-refractivity contribution in [2.45, 2.75) is 89.0 Å². The van der Waals surface area contributed by atoms with Crippen LogP contribution in [-0.2, 0) is 17.6 Å². The van der Waals surface area contributed by atoms with Gasteiger partial charge in [-0.2, -0.15) is 10.1 Å². The molecule has 0 saturated heterocycles. The first-order chi connectivity index (χ1) is 18.2. The molecular formula is C29H37N7O. The Morgan fingerprint density at radius 2 is 1.73 bits per heavy atom. The zero-order valence-corrected chi connectivity index (χ0v) is 21.5. The molecule has 8 nitrogen and oxygen atoms in total.